The van der Waals surface area contributed by atoms with Crippen LogP contribution in [-0.2, 0) is 10.2 Å². The molecule has 2 aromatic rings. The van der Waals surface area contributed by atoms with Gasteiger partial charge in [0.05, 0.1) is 11.5 Å². The zero-order chi connectivity index (χ0) is 17.2. The summed E-state index contributed by atoms with van der Waals surface area (Å²) < 4.78 is 0. The molecular weight excluding hydrogens is 294 g/mol. The van der Waals surface area contributed by atoms with Crippen LogP contribution in [0.3, 0.4) is 0 Å². The molecule has 1 amide bonds. The first-order chi connectivity index (χ1) is 11.5. The van der Waals surface area contributed by atoms with Crippen molar-refractivity contribution in [2.24, 2.45) is 0 Å². The fraction of sp³-hybridized carbons (Fsp3) is 0.409. The minimum Gasteiger partial charge on any atom is -0.349 e. The molecule has 0 unspecified atom stereocenters. The second kappa shape index (κ2) is 6.80. The number of carbonyl (C=O) groups excluding carboxylic acids is 1. The van der Waals surface area contributed by atoms with E-state index in [0.29, 0.717) is 0 Å². The predicted molar refractivity (Wildman–Crippen MR) is 99.1 cm³/mol. The average Bonchev–Trinajstić information content (AvgIpc) is 3.06. The molecule has 0 aliphatic heterocycles. The number of benzene rings is 2. The lowest BCUT2D eigenvalue weighted by Crippen LogP contribution is -2.43. The summed E-state index contributed by atoms with van der Waals surface area (Å²) in [5.41, 5.74) is 4.51. The number of rotatable bonds is 4. The molecule has 1 aliphatic rings. The molecule has 0 aromatic heterocycles. The normalized spacial score (nSPS) is 17.5. The lowest BCUT2D eigenvalue weighted by Gasteiger charge is -2.30. The monoisotopic (exact) mass is 321 g/mol. The van der Waals surface area contributed by atoms with Crippen molar-refractivity contribution in [2.75, 3.05) is 0 Å². The van der Waals surface area contributed by atoms with E-state index in [1.165, 1.54) is 16.7 Å². The molecule has 24 heavy (non-hydrogen) atoms. The molecule has 0 radical (unpaired) electrons. The van der Waals surface area contributed by atoms with Gasteiger partial charge in [-0.05, 0) is 50.3 Å². The van der Waals surface area contributed by atoms with E-state index in [4.69, 9.17) is 0 Å². The number of aryl methyl sites for hydroxylation is 2. The van der Waals surface area contributed by atoms with Crippen molar-refractivity contribution in [3.8, 4) is 0 Å². The third-order valence-corrected chi connectivity index (χ3v) is 5.46. The summed E-state index contributed by atoms with van der Waals surface area (Å²) in [6.07, 6.45) is 4.14. The molecule has 0 bridgehead atoms. The van der Waals surface area contributed by atoms with E-state index in [1.807, 2.05) is 18.2 Å². The van der Waals surface area contributed by atoms with Crippen molar-refractivity contribution in [2.45, 2.75) is 57.9 Å². The SMILES string of the molecule is Cc1ccc([C@@H](C)NC(=O)C2(c3ccccc3)CCCC2)c(C)c1. The first-order valence-electron chi connectivity index (χ1n) is 8.96. The van der Waals surface area contributed by atoms with E-state index in [-0.39, 0.29) is 17.4 Å². The molecule has 0 saturated heterocycles. The molecule has 3 rings (SSSR count). The van der Waals surface area contributed by atoms with Crippen LogP contribution >= 0.6 is 0 Å². The number of hydrogen-bond donors (Lipinski definition) is 1. The lowest BCUT2D eigenvalue weighted by molar-refractivity contribution is -0.127. The Morgan fingerprint density at radius 3 is 2.33 bits per heavy atom. The maximum atomic E-state index is 13.2. The molecule has 126 valence electrons. The van der Waals surface area contributed by atoms with Gasteiger partial charge >= 0.3 is 0 Å². The van der Waals surface area contributed by atoms with Gasteiger partial charge < -0.3 is 5.32 Å². The standard InChI is InChI=1S/C22H27NO/c1-16-11-12-20(17(2)15-16)18(3)23-21(24)22(13-7-8-14-22)19-9-5-4-6-10-19/h4-6,9-12,15,18H,7-8,13-14H2,1-3H3,(H,23,24)/t18-/m1/s1. The van der Waals surface area contributed by atoms with Crippen LogP contribution in [-0.4, -0.2) is 5.91 Å². The second-order valence-corrected chi connectivity index (χ2v) is 7.21. The minimum absolute atomic E-state index is 0.0271. The van der Waals surface area contributed by atoms with Gasteiger partial charge in [0.2, 0.25) is 5.91 Å². The molecule has 1 fully saturated rings. The van der Waals surface area contributed by atoms with Gasteiger partial charge in [0.25, 0.3) is 0 Å². The second-order valence-electron chi connectivity index (χ2n) is 7.21. The van der Waals surface area contributed by atoms with Crippen molar-refractivity contribution in [3.05, 3.63) is 70.8 Å². The van der Waals surface area contributed by atoms with Gasteiger partial charge in [-0.2, -0.15) is 0 Å². The Morgan fingerprint density at radius 2 is 1.71 bits per heavy atom. The average molecular weight is 321 g/mol. The maximum Gasteiger partial charge on any atom is 0.231 e. The van der Waals surface area contributed by atoms with Crippen molar-refractivity contribution >= 4 is 5.91 Å². The van der Waals surface area contributed by atoms with Crippen LogP contribution in [0.1, 0.15) is 60.9 Å². The van der Waals surface area contributed by atoms with Crippen molar-refractivity contribution in [3.63, 3.8) is 0 Å². The Balaban J connectivity index is 1.84. The molecule has 0 heterocycles. The third-order valence-electron chi connectivity index (χ3n) is 5.46. The van der Waals surface area contributed by atoms with Gasteiger partial charge in [-0.3, -0.25) is 4.79 Å². The quantitative estimate of drug-likeness (QED) is 0.844. The molecular formula is C22H27NO. The van der Waals surface area contributed by atoms with Crippen molar-refractivity contribution < 1.29 is 4.79 Å². The molecule has 1 aliphatic carbocycles. The van der Waals surface area contributed by atoms with Crippen LogP contribution < -0.4 is 5.32 Å². The molecule has 2 nitrogen and oxygen atoms in total. The van der Waals surface area contributed by atoms with Crippen LogP contribution in [0, 0.1) is 13.8 Å². The largest absolute Gasteiger partial charge is 0.349 e. The lowest BCUT2D eigenvalue weighted by atomic mass is 9.77. The summed E-state index contributed by atoms with van der Waals surface area (Å²) in [5, 5.41) is 3.30. The third kappa shape index (κ3) is 3.10. The Hall–Kier alpha value is -2.09. The first kappa shape index (κ1) is 16.8. The highest BCUT2D eigenvalue weighted by atomic mass is 16.2. The van der Waals surface area contributed by atoms with Gasteiger partial charge in [0, 0.05) is 0 Å². The molecule has 1 atom stereocenters. The van der Waals surface area contributed by atoms with E-state index < -0.39 is 0 Å². The summed E-state index contributed by atoms with van der Waals surface area (Å²) >= 11 is 0. The molecule has 2 aromatic carbocycles. The van der Waals surface area contributed by atoms with Crippen molar-refractivity contribution in [1.82, 2.24) is 5.32 Å². The number of carbonyl (C=O) groups is 1. The fourth-order valence-electron chi connectivity index (χ4n) is 4.11. The van der Waals surface area contributed by atoms with Crippen LogP contribution in [0.25, 0.3) is 0 Å². The smallest absolute Gasteiger partial charge is 0.231 e. The number of amides is 1. The van der Waals surface area contributed by atoms with Gasteiger partial charge in [-0.1, -0.05) is 66.9 Å². The highest BCUT2D eigenvalue weighted by Crippen LogP contribution is 2.41. The summed E-state index contributed by atoms with van der Waals surface area (Å²) in [6.45, 7) is 6.31. The predicted octanol–water partition coefficient (Wildman–Crippen LogP) is 4.99. The van der Waals surface area contributed by atoms with Gasteiger partial charge in [0.15, 0.2) is 0 Å². The molecule has 1 N–H and O–H groups in total. The highest BCUT2D eigenvalue weighted by molar-refractivity contribution is 5.89. The maximum absolute atomic E-state index is 13.2. The Bertz CT molecular complexity index is 714. The summed E-state index contributed by atoms with van der Waals surface area (Å²) in [7, 11) is 0. The highest BCUT2D eigenvalue weighted by Gasteiger charge is 2.42. The van der Waals surface area contributed by atoms with Crippen LogP contribution in [0.15, 0.2) is 48.5 Å². The van der Waals surface area contributed by atoms with Gasteiger partial charge in [-0.25, -0.2) is 0 Å². The summed E-state index contributed by atoms with van der Waals surface area (Å²) in [6, 6.07) is 16.8. The van der Waals surface area contributed by atoms with Crippen LogP contribution in [0.4, 0.5) is 0 Å². The molecule has 1 saturated carbocycles. The van der Waals surface area contributed by atoms with Crippen LogP contribution in [0.2, 0.25) is 0 Å². The van der Waals surface area contributed by atoms with E-state index in [0.717, 1.165) is 31.2 Å². The Labute approximate surface area is 145 Å². The summed E-state index contributed by atoms with van der Waals surface area (Å²) in [5.74, 6) is 0.179. The number of nitrogens with one attached hydrogen (secondary N) is 1. The van der Waals surface area contributed by atoms with E-state index in [2.05, 4.69) is 56.4 Å². The van der Waals surface area contributed by atoms with E-state index in [1.54, 1.807) is 0 Å². The van der Waals surface area contributed by atoms with Crippen molar-refractivity contribution in [1.29, 1.82) is 0 Å². The molecule has 0 spiro atoms. The van der Waals surface area contributed by atoms with Gasteiger partial charge in [0.1, 0.15) is 0 Å². The first-order valence-corrected chi connectivity index (χ1v) is 8.96. The zero-order valence-corrected chi connectivity index (χ0v) is 14.9. The molecule has 2 heteroatoms. The van der Waals surface area contributed by atoms with E-state index in [9.17, 15) is 4.79 Å². The minimum atomic E-state index is -0.353. The fourth-order valence-corrected chi connectivity index (χ4v) is 4.11. The summed E-state index contributed by atoms with van der Waals surface area (Å²) in [4.78, 5) is 13.2. The topological polar surface area (TPSA) is 29.1 Å². The van der Waals surface area contributed by atoms with Crippen LogP contribution in [0.5, 0.6) is 0 Å². The Morgan fingerprint density at radius 1 is 1.04 bits per heavy atom. The van der Waals surface area contributed by atoms with E-state index >= 15 is 0 Å². The zero-order valence-electron chi connectivity index (χ0n) is 14.9. The van der Waals surface area contributed by atoms with Gasteiger partial charge in [-0.15, -0.1) is 0 Å². The number of hydrogen-bond acceptors (Lipinski definition) is 1. The Kier molecular flexibility index (Phi) is 4.75.